The van der Waals surface area contributed by atoms with Gasteiger partial charge in [-0.3, -0.25) is 0 Å². The molecule has 0 unspecified atom stereocenters. The lowest BCUT2D eigenvalue weighted by molar-refractivity contribution is 0.447. The van der Waals surface area contributed by atoms with Crippen LogP contribution in [-0.4, -0.2) is 0 Å². The molecule has 0 fully saturated rings. The molecule has 0 radical (unpaired) electrons. The minimum absolute atomic E-state index is 0.223. The molecule has 0 saturated heterocycles. The van der Waals surface area contributed by atoms with Gasteiger partial charge in [0.2, 0.25) is 0 Å². The SMILES string of the molecule is CC(C)(C)C1=CC(=Cc2ccccc2)C=C(C(C)(C)C)C1. The van der Waals surface area contributed by atoms with Crippen LogP contribution in [0, 0.1) is 10.8 Å². The largest absolute Gasteiger partial charge is 0.0622 e. The Labute approximate surface area is 130 Å². The van der Waals surface area contributed by atoms with E-state index in [1.807, 2.05) is 0 Å². The number of rotatable bonds is 1. The molecule has 0 spiro atoms. The van der Waals surface area contributed by atoms with Crippen molar-refractivity contribution in [3.05, 3.63) is 64.8 Å². The van der Waals surface area contributed by atoms with E-state index in [1.54, 1.807) is 0 Å². The second kappa shape index (κ2) is 5.67. The van der Waals surface area contributed by atoms with E-state index in [1.165, 1.54) is 22.3 Å². The maximum Gasteiger partial charge on any atom is -0.00913 e. The molecule has 1 aromatic carbocycles. The summed E-state index contributed by atoms with van der Waals surface area (Å²) in [4.78, 5) is 0. The van der Waals surface area contributed by atoms with Crippen LogP contribution in [0.15, 0.2) is 59.2 Å². The summed E-state index contributed by atoms with van der Waals surface area (Å²) in [5, 5.41) is 0. The molecule has 0 heteroatoms. The molecule has 0 bridgehead atoms. The summed E-state index contributed by atoms with van der Waals surface area (Å²) in [7, 11) is 0. The van der Waals surface area contributed by atoms with Crippen LogP contribution in [-0.2, 0) is 0 Å². The van der Waals surface area contributed by atoms with Crippen LogP contribution >= 0.6 is 0 Å². The molecule has 112 valence electrons. The van der Waals surface area contributed by atoms with Gasteiger partial charge in [-0.05, 0) is 34.5 Å². The average Bonchev–Trinajstić information content (AvgIpc) is 2.37. The molecular weight excluding hydrogens is 252 g/mol. The lowest BCUT2D eigenvalue weighted by Gasteiger charge is -2.33. The van der Waals surface area contributed by atoms with Gasteiger partial charge in [-0.15, -0.1) is 0 Å². The number of benzene rings is 1. The molecule has 0 N–H and O–H groups in total. The van der Waals surface area contributed by atoms with Gasteiger partial charge in [0, 0.05) is 0 Å². The molecule has 0 aliphatic heterocycles. The monoisotopic (exact) mass is 280 g/mol. The fourth-order valence-corrected chi connectivity index (χ4v) is 2.54. The molecule has 0 saturated carbocycles. The number of hydrogen-bond acceptors (Lipinski definition) is 0. The molecule has 2 rings (SSSR count). The van der Waals surface area contributed by atoms with Gasteiger partial charge in [-0.1, -0.05) is 95.2 Å². The maximum atomic E-state index is 2.38. The predicted molar refractivity (Wildman–Crippen MR) is 94.1 cm³/mol. The van der Waals surface area contributed by atoms with Crippen molar-refractivity contribution in [3.63, 3.8) is 0 Å². The van der Waals surface area contributed by atoms with Crippen molar-refractivity contribution in [2.45, 2.75) is 48.0 Å². The quantitative estimate of drug-likeness (QED) is 0.557. The smallest absolute Gasteiger partial charge is 0.00913 e. The van der Waals surface area contributed by atoms with Crippen molar-refractivity contribution in [1.82, 2.24) is 0 Å². The van der Waals surface area contributed by atoms with E-state index in [-0.39, 0.29) is 10.8 Å². The molecule has 0 aromatic heterocycles. The molecule has 0 nitrogen and oxygen atoms in total. The van der Waals surface area contributed by atoms with Crippen molar-refractivity contribution in [3.8, 4) is 0 Å². The van der Waals surface area contributed by atoms with E-state index < -0.39 is 0 Å². The Bertz CT molecular complexity index is 549. The van der Waals surface area contributed by atoms with E-state index in [2.05, 4.69) is 90.1 Å². The van der Waals surface area contributed by atoms with Crippen molar-refractivity contribution in [2.24, 2.45) is 10.8 Å². The van der Waals surface area contributed by atoms with Gasteiger partial charge in [0.1, 0.15) is 0 Å². The van der Waals surface area contributed by atoms with Crippen LogP contribution in [0.2, 0.25) is 0 Å². The van der Waals surface area contributed by atoms with Gasteiger partial charge in [0.05, 0.1) is 0 Å². The standard InChI is InChI=1S/C21H28/c1-20(2,3)18-13-17(12-16-10-8-7-9-11-16)14-19(15-18)21(4,5)6/h7-14H,15H2,1-6H3. The lowest BCUT2D eigenvalue weighted by atomic mass is 9.72. The minimum Gasteiger partial charge on any atom is -0.0622 e. The van der Waals surface area contributed by atoms with Crippen LogP contribution in [0.3, 0.4) is 0 Å². The number of hydrogen-bond donors (Lipinski definition) is 0. The zero-order valence-corrected chi connectivity index (χ0v) is 14.3. The van der Waals surface area contributed by atoms with Gasteiger partial charge in [0.25, 0.3) is 0 Å². The highest BCUT2D eigenvalue weighted by molar-refractivity contribution is 5.62. The first kappa shape index (κ1) is 15.8. The molecule has 21 heavy (non-hydrogen) atoms. The van der Waals surface area contributed by atoms with E-state index in [0.717, 1.165) is 6.42 Å². The fourth-order valence-electron chi connectivity index (χ4n) is 2.54. The Morgan fingerprint density at radius 2 is 1.24 bits per heavy atom. The molecule has 0 heterocycles. The first-order valence-corrected chi connectivity index (χ1v) is 7.85. The molecule has 1 aromatic rings. The summed E-state index contributed by atoms with van der Waals surface area (Å²) in [5.41, 5.74) is 6.08. The fraction of sp³-hybridized carbons (Fsp3) is 0.429. The van der Waals surface area contributed by atoms with Crippen LogP contribution in [0.4, 0.5) is 0 Å². The lowest BCUT2D eigenvalue weighted by Crippen LogP contribution is -2.18. The molecule has 0 atom stereocenters. The zero-order valence-electron chi connectivity index (χ0n) is 14.3. The molecule has 1 aliphatic carbocycles. The van der Waals surface area contributed by atoms with E-state index >= 15 is 0 Å². The number of allylic oxidation sites excluding steroid dienone is 5. The van der Waals surface area contributed by atoms with Crippen LogP contribution in [0.5, 0.6) is 0 Å². The normalized spacial score (nSPS) is 16.4. The summed E-state index contributed by atoms with van der Waals surface area (Å²) in [5.74, 6) is 0. The molecule has 1 aliphatic rings. The van der Waals surface area contributed by atoms with Crippen molar-refractivity contribution < 1.29 is 0 Å². The van der Waals surface area contributed by atoms with Crippen LogP contribution in [0.1, 0.15) is 53.5 Å². The van der Waals surface area contributed by atoms with Gasteiger partial charge in [-0.25, -0.2) is 0 Å². The van der Waals surface area contributed by atoms with Crippen molar-refractivity contribution >= 4 is 6.08 Å². The molecule has 0 amide bonds. The molecular formula is C21H28. The third kappa shape index (κ3) is 4.20. The van der Waals surface area contributed by atoms with E-state index in [0.29, 0.717) is 0 Å². The topological polar surface area (TPSA) is 0 Å². The van der Waals surface area contributed by atoms with Crippen molar-refractivity contribution in [1.29, 1.82) is 0 Å². The Kier molecular flexibility index (Phi) is 4.27. The van der Waals surface area contributed by atoms with Crippen LogP contribution in [0.25, 0.3) is 6.08 Å². The first-order chi connectivity index (χ1) is 9.66. The highest BCUT2D eigenvalue weighted by Crippen LogP contribution is 2.41. The Balaban J connectivity index is 2.46. The predicted octanol–water partition coefficient (Wildman–Crippen LogP) is 6.42. The second-order valence-electron chi connectivity index (χ2n) is 8.07. The Morgan fingerprint density at radius 1 is 0.762 bits per heavy atom. The Hall–Kier alpha value is -1.56. The van der Waals surface area contributed by atoms with Gasteiger partial charge >= 0.3 is 0 Å². The highest BCUT2D eigenvalue weighted by atomic mass is 14.3. The first-order valence-electron chi connectivity index (χ1n) is 7.85. The van der Waals surface area contributed by atoms with Gasteiger partial charge in [-0.2, -0.15) is 0 Å². The minimum atomic E-state index is 0.223. The third-order valence-corrected chi connectivity index (χ3v) is 4.12. The van der Waals surface area contributed by atoms with E-state index in [9.17, 15) is 0 Å². The van der Waals surface area contributed by atoms with Crippen molar-refractivity contribution in [2.75, 3.05) is 0 Å². The van der Waals surface area contributed by atoms with E-state index in [4.69, 9.17) is 0 Å². The summed E-state index contributed by atoms with van der Waals surface area (Å²) < 4.78 is 0. The Morgan fingerprint density at radius 3 is 1.67 bits per heavy atom. The third-order valence-electron chi connectivity index (χ3n) is 4.12. The average molecular weight is 280 g/mol. The summed E-state index contributed by atoms with van der Waals surface area (Å²) in [6.45, 7) is 13.9. The maximum absolute atomic E-state index is 2.38. The zero-order chi connectivity index (χ0) is 15.7. The highest BCUT2D eigenvalue weighted by Gasteiger charge is 2.26. The summed E-state index contributed by atoms with van der Waals surface area (Å²) >= 11 is 0. The summed E-state index contributed by atoms with van der Waals surface area (Å²) in [6.07, 6.45) is 8.14. The van der Waals surface area contributed by atoms with Gasteiger partial charge in [0.15, 0.2) is 0 Å². The second-order valence-corrected chi connectivity index (χ2v) is 8.07. The van der Waals surface area contributed by atoms with Gasteiger partial charge < -0.3 is 0 Å². The summed E-state index contributed by atoms with van der Waals surface area (Å²) in [6, 6.07) is 10.6. The van der Waals surface area contributed by atoms with Crippen LogP contribution < -0.4 is 0 Å².